The van der Waals surface area contributed by atoms with Gasteiger partial charge in [-0.15, -0.1) is 10.2 Å². The van der Waals surface area contributed by atoms with E-state index in [2.05, 4.69) is 45.2 Å². The van der Waals surface area contributed by atoms with Crippen LogP contribution < -0.4 is 4.90 Å². The minimum atomic E-state index is 0.798. The van der Waals surface area contributed by atoms with Crippen LogP contribution in [0.5, 0.6) is 0 Å². The number of rotatable bonds is 3. The number of imidazole rings is 1. The molecule has 0 atom stereocenters. The van der Waals surface area contributed by atoms with Gasteiger partial charge < -0.3 is 4.90 Å². The van der Waals surface area contributed by atoms with Crippen molar-refractivity contribution in [3.05, 3.63) is 53.9 Å². The first kappa shape index (κ1) is 14.9. The maximum Gasteiger partial charge on any atom is 0.182 e. The molecule has 1 aliphatic rings. The molecule has 3 heterocycles. The summed E-state index contributed by atoms with van der Waals surface area (Å²) in [6, 6.07) is 14.4. The zero-order valence-corrected chi connectivity index (χ0v) is 14.1. The molecule has 122 valence electrons. The lowest BCUT2D eigenvalue weighted by Gasteiger charge is -2.17. The van der Waals surface area contributed by atoms with Gasteiger partial charge in [-0.25, -0.2) is 4.98 Å². The number of aryl methyl sites for hydroxylation is 2. The van der Waals surface area contributed by atoms with Crippen LogP contribution in [0, 0.1) is 13.8 Å². The highest BCUT2D eigenvalue weighted by atomic mass is 15.2. The zero-order chi connectivity index (χ0) is 16.5. The second-order valence-corrected chi connectivity index (χ2v) is 6.29. The summed E-state index contributed by atoms with van der Waals surface area (Å²) in [7, 11) is 0. The summed E-state index contributed by atoms with van der Waals surface area (Å²) in [4.78, 5) is 6.97. The van der Waals surface area contributed by atoms with Gasteiger partial charge in [0.2, 0.25) is 0 Å². The van der Waals surface area contributed by atoms with Crippen molar-refractivity contribution < 1.29 is 0 Å². The van der Waals surface area contributed by atoms with E-state index in [4.69, 9.17) is 0 Å². The average molecular weight is 319 g/mol. The molecule has 0 N–H and O–H groups in total. The number of azo groups is 1. The second kappa shape index (κ2) is 6.07. The molecule has 0 aliphatic carbocycles. The first-order valence-corrected chi connectivity index (χ1v) is 8.44. The highest BCUT2D eigenvalue weighted by Crippen LogP contribution is 2.27. The summed E-state index contributed by atoms with van der Waals surface area (Å²) >= 11 is 0. The Labute approximate surface area is 141 Å². The number of pyridine rings is 1. The van der Waals surface area contributed by atoms with Crippen molar-refractivity contribution >= 4 is 22.8 Å². The highest BCUT2D eigenvalue weighted by molar-refractivity contribution is 5.55. The van der Waals surface area contributed by atoms with E-state index in [1.54, 1.807) is 0 Å². The Kier molecular flexibility index (Phi) is 3.76. The van der Waals surface area contributed by atoms with Crippen LogP contribution in [0.15, 0.2) is 52.7 Å². The van der Waals surface area contributed by atoms with Crippen LogP contribution in [0.25, 0.3) is 5.65 Å². The van der Waals surface area contributed by atoms with Crippen LogP contribution in [0.3, 0.4) is 0 Å². The Morgan fingerprint density at radius 2 is 1.67 bits per heavy atom. The van der Waals surface area contributed by atoms with Gasteiger partial charge in [0, 0.05) is 24.5 Å². The van der Waals surface area contributed by atoms with E-state index in [-0.39, 0.29) is 0 Å². The molecule has 0 amide bonds. The Morgan fingerprint density at radius 3 is 2.42 bits per heavy atom. The molecule has 3 aromatic rings. The summed E-state index contributed by atoms with van der Waals surface area (Å²) in [5.41, 5.74) is 5.04. The average Bonchev–Trinajstić information content (AvgIpc) is 3.22. The maximum absolute atomic E-state index is 4.56. The fourth-order valence-corrected chi connectivity index (χ4v) is 3.28. The van der Waals surface area contributed by atoms with E-state index in [9.17, 15) is 0 Å². The van der Waals surface area contributed by atoms with E-state index >= 15 is 0 Å². The number of anilines is 1. The molecule has 2 aromatic heterocycles. The molecule has 1 aromatic carbocycles. The molecule has 0 bridgehead atoms. The summed E-state index contributed by atoms with van der Waals surface area (Å²) in [6.07, 6.45) is 2.57. The van der Waals surface area contributed by atoms with Crippen molar-refractivity contribution in [1.82, 2.24) is 9.38 Å². The number of aromatic nitrogens is 2. The van der Waals surface area contributed by atoms with Gasteiger partial charge in [-0.2, -0.15) is 0 Å². The normalized spacial score (nSPS) is 15.0. The van der Waals surface area contributed by atoms with Crippen LogP contribution in [0.4, 0.5) is 17.2 Å². The molecule has 4 rings (SSSR count). The van der Waals surface area contributed by atoms with Crippen LogP contribution in [0.2, 0.25) is 0 Å². The smallest absolute Gasteiger partial charge is 0.182 e. The molecule has 1 aliphatic heterocycles. The van der Waals surface area contributed by atoms with Crippen LogP contribution >= 0.6 is 0 Å². The third-order valence-electron chi connectivity index (χ3n) is 4.56. The lowest BCUT2D eigenvalue weighted by Crippen LogP contribution is -2.17. The number of fused-ring (bicyclic) bond motifs is 1. The van der Waals surface area contributed by atoms with Crippen LogP contribution in [-0.4, -0.2) is 22.5 Å². The number of benzene rings is 1. The second-order valence-electron chi connectivity index (χ2n) is 6.29. The molecule has 24 heavy (non-hydrogen) atoms. The highest BCUT2D eigenvalue weighted by Gasteiger charge is 2.12. The van der Waals surface area contributed by atoms with Gasteiger partial charge in [-0.3, -0.25) is 4.40 Å². The number of nitrogens with zero attached hydrogens (tertiary/aromatic N) is 5. The summed E-state index contributed by atoms with van der Waals surface area (Å²) in [5.74, 6) is 0.798. The van der Waals surface area contributed by atoms with E-state index in [0.29, 0.717) is 0 Å². The van der Waals surface area contributed by atoms with Crippen molar-refractivity contribution in [3.63, 3.8) is 0 Å². The Morgan fingerprint density at radius 1 is 0.917 bits per heavy atom. The Hall–Kier alpha value is -2.69. The largest absolute Gasteiger partial charge is 0.372 e. The molecule has 0 saturated carbocycles. The minimum Gasteiger partial charge on any atom is -0.372 e. The molecular formula is C19H21N5. The Bertz CT molecular complexity index is 886. The predicted molar refractivity (Wildman–Crippen MR) is 96.7 cm³/mol. The van der Waals surface area contributed by atoms with Gasteiger partial charge in [-0.1, -0.05) is 6.07 Å². The topological polar surface area (TPSA) is 45.3 Å². The molecule has 5 heteroatoms. The Balaban J connectivity index is 1.62. The fourth-order valence-electron chi connectivity index (χ4n) is 3.28. The van der Waals surface area contributed by atoms with Crippen molar-refractivity contribution in [2.75, 3.05) is 18.0 Å². The van der Waals surface area contributed by atoms with Crippen LogP contribution in [-0.2, 0) is 0 Å². The molecule has 5 nitrogen and oxygen atoms in total. The number of hydrogen-bond acceptors (Lipinski definition) is 4. The van der Waals surface area contributed by atoms with Crippen LogP contribution in [0.1, 0.15) is 24.2 Å². The lowest BCUT2D eigenvalue weighted by molar-refractivity contribution is 0.949. The molecule has 1 saturated heterocycles. The summed E-state index contributed by atoms with van der Waals surface area (Å²) in [5, 5.41) is 8.88. The van der Waals surface area contributed by atoms with E-state index in [1.165, 1.54) is 18.5 Å². The van der Waals surface area contributed by atoms with E-state index in [1.807, 2.05) is 35.6 Å². The standard InChI is InChI=1S/C19H21N5/c1-14-6-5-7-18-20-15(2)19(24(14)18)22-21-16-8-10-17(11-9-16)23-12-3-4-13-23/h5-11H,3-4,12-13H2,1-2H3. The molecule has 0 spiro atoms. The number of hydrogen-bond donors (Lipinski definition) is 0. The molecule has 0 unspecified atom stereocenters. The van der Waals surface area contributed by atoms with Crippen molar-refractivity contribution in [2.45, 2.75) is 26.7 Å². The van der Waals surface area contributed by atoms with Crippen molar-refractivity contribution in [1.29, 1.82) is 0 Å². The monoisotopic (exact) mass is 319 g/mol. The van der Waals surface area contributed by atoms with Gasteiger partial charge in [-0.05, 0) is 63.1 Å². The maximum atomic E-state index is 4.56. The van der Waals surface area contributed by atoms with Gasteiger partial charge in [0.1, 0.15) is 5.65 Å². The SMILES string of the molecule is Cc1nc2cccc(C)n2c1N=Nc1ccc(N2CCCC2)cc1. The van der Waals surface area contributed by atoms with Crippen molar-refractivity contribution in [3.8, 4) is 0 Å². The molecule has 0 radical (unpaired) electrons. The zero-order valence-electron chi connectivity index (χ0n) is 14.1. The first-order chi connectivity index (χ1) is 11.7. The predicted octanol–water partition coefficient (Wildman–Crippen LogP) is 4.97. The fraction of sp³-hybridized carbons (Fsp3) is 0.316. The van der Waals surface area contributed by atoms with Gasteiger partial charge in [0.25, 0.3) is 0 Å². The summed E-state index contributed by atoms with van der Waals surface area (Å²) in [6.45, 7) is 6.33. The summed E-state index contributed by atoms with van der Waals surface area (Å²) < 4.78 is 2.04. The van der Waals surface area contributed by atoms with Gasteiger partial charge in [0.05, 0.1) is 11.4 Å². The van der Waals surface area contributed by atoms with Gasteiger partial charge >= 0.3 is 0 Å². The third-order valence-corrected chi connectivity index (χ3v) is 4.56. The molecular weight excluding hydrogens is 298 g/mol. The lowest BCUT2D eigenvalue weighted by atomic mass is 10.2. The quantitative estimate of drug-likeness (QED) is 0.640. The third kappa shape index (κ3) is 2.66. The first-order valence-electron chi connectivity index (χ1n) is 8.44. The van der Waals surface area contributed by atoms with Gasteiger partial charge in [0.15, 0.2) is 5.82 Å². The van der Waals surface area contributed by atoms with E-state index < -0.39 is 0 Å². The van der Waals surface area contributed by atoms with Crippen molar-refractivity contribution in [2.24, 2.45) is 10.2 Å². The molecule has 1 fully saturated rings. The van der Waals surface area contributed by atoms with E-state index in [0.717, 1.165) is 41.6 Å². The minimum absolute atomic E-state index is 0.798.